The first-order chi connectivity index (χ1) is 16.5. The second-order valence-corrected chi connectivity index (χ2v) is 8.25. The highest BCUT2D eigenvalue weighted by Crippen LogP contribution is 2.36. The van der Waals surface area contributed by atoms with Gasteiger partial charge in [0.15, 0.2) is 0 Å². The molecule has 1 fully saturated rings. The van der Waals surface area contributed by atoms with E-state index in [9.17, 15) is 9.59 Å². The number of ether oxygens (including phenoxy) is 2. The molecular weight excluding hydrogens is 436 g/mol. The number of methoxy groups -OCH3 is 1. The molecule has 1 amide bonds. The number of para-hydroxylation sites is 1. The van der Waals surface area contributed by atoms with E-state index in [0.717, 1.165) is 16.4 Å². The molecule has 2 aromatic carbocycles. The number of aromatic nitrogens is 2. The normalized spacial score (nSPS) is 14.0. The zero-order valence-corrected chi connectivity index (χ0v) is 19.1. The topological polar surface area (TPSA) is 110 Å². The number of amides is 1. The number of anilines is 2. The monoisotopic (exact) mass is 462 g/mol. The van der Waals surface area contributed by atoms with Gasteiger partial charge in [-0.1, -0.05) is 18.2 Å². The smallest absolute Gasteiger partial charge is 0.255 e. The molecule has 0 saturated carbocycles. The third-order valence-corrected chi connectivity index (χ3v) is 6.10. The maximum Gasteiger partial charge on any atom is 0.255 e. The molecule has 0 radical (unpaired) electrons. The standard InChI is InChI=1S/C25H26N4O5/c1-15-16(24(31)28-25(26-15)29-9-11-33-12-10-29)7-8-23(30)27-19-14-21-18(13-22(19)32-2)17-5-3-4-6-20(17)34-21/h3-6,13-14H,7-12H2,1-2H3,(H,27,30)(H,26,28,31). The lowest BCUT2D eigenvalue weighted by Crippen LogP contribution is -2.38. The van der Waals surface area contributed by atoms with E-state index in [1.807, 2.05) is 35.2 Å². The molecule has 4 aromatic rings. The van der Waals surface area contributed by atoms with Crippen LogP contribution in [-0.4, -0.2) is 49.3 Å². The van der Waals surface area contributed by atoms with Crippen molar-refractivity contribution >= 4 is 39.5 Å². The lowest BCUT2D eigenvalue weighted by molar-refractivity contribution is -0.116. The van der Waals surface area contributed by atoms with Gasteiger partial charge in [-0.3, -0.25) is 14.6 Å². The number of nitrogens with zero attached hydrogens (tertiary/aromatic N) is 2. The van der Waals surface area contributed by atoms with Gasteiger partial charge in [-0.15, -0.1) is 0 Å². The van der Waals surface area contributed by atoms with Gasteiger partial charge in [-0.05, 0) is 25.5 Å². The fourth-order valence-corrected chi connectivity index (χ4v) is 4.28. The third kappa shape index (κ3) is 4.22. The molecule has 0 spiro atoms. The van der Waals surface area contributed by atoms with Crippen LogP contribution in [0.25, 0.3) is 21.9 Å². The Labute approximate surface area is 195 Å². The summed E-state index contributed by atoms with van der Waals surface area (Å²) in [5.41, 5.74) is 2.86. The number of aryl methyl sites for hydroxylation is 1. The molecule has 34 heavy (non-hydrogen) atoms. The molecule has 1 saturated heterocycles. The average Bonchev–Trinajstić information content (AvgIpc) is 3.20. The van der Waals surface area contributed by atoms with Crippen molar-refractivity contribution in [2.24, 2.45) is 0 Å². The van der Waals surface area contributed by atoms with Crippen molar-refractivity contribution in [1.82, 2.24) is 9.97 Å². The largest absolute Gasteiger partial charge is 0.495 e. The van der Waals surface area contributed by atoms with Crippen molar-refractivity contribution < 1.29 is 18.7 Å². The zero-order chi connectivity index (χ0) is 23.7. The number of hydrogen-bond acceptors (Lipinski definition) is 7. The summed E-state index contributed by atoms with van der Waals surface area (Å²) in [5, 5.41) is 4.79. The summed E-state index contributed by atoms with van der Waals surface area (Å²) < 4.78 is 16.8. The second kappa shape index (κ2) is 9.18. The molecule has 2 aromatic heterocycles. The van der Waals surface area contributed by atoms with Gasteiger partial charge in [0.25, 0.3) is 5.56 Å². The number of H-pyrrole nitrogens is 1. The molecule has 0 aliphatic carbocycles. The third-order valence-electron chi connectivity index (χ3n) is 6.10. The van der Waals surface area contributed by atoms with Gasteiger partial charge >= 0.3 is 0 Å². The molecule has 1 aliphatic rings. The van der Waals surface area contributed by atoms with Gasteiger partial charge < -0.3 is 24.1 Å². The number of carbonyl (C=O) groups excluding carboxylic acids is 1. The average molecular weight is 463 g/mol. The minimum atomic E-state index is -0.232. The Morgan fingerprint density at radius 3 is 2.74 bits per heavy atom. The number of benzene rings is 2. The fourth-order valence-electron chi connectivity index (χ4n) is 4.28. The number of aromatic amines is 1. The molecule has 0 unspecified atom stereocenters. The van der Waals surface area contributed by atoms with Gasteiger partial charge in [-0.25, -0.2) is 4.98 Å². The summed E-state index contributed by atoms with van der Waals surface area (Å²) in [6.45, 7) is 4.37. The van der Waals surface area contributed by atoms with Crippen LogP contribution < -0.4 is 20.5 Å². The van der Waals surface area contributed by atoms with Crippen LogP contribution in [0.2, 0.25) is 0 Å². The van der Waals surface area contributed by atoms with E-state index in [-0.39, 0.29) is 24.3 Å². The van der Waals surface area contributed by atoms with Crippen molar-refractivity contribution in [2.45, 2.75) is 19.8 Å². The van der Waals surface area contributed by atoms with Gasteiger partial charge in [-0.2, -0.15) is 0 Å². The maximum atomic E-state index is 12.7. The Morgan fingerprint density at radius 1 is 1.18 bits per heavy atom. The first kappa shape index (κ1) is 22.0. The highest BCUT2D eigenvalue weighted by molar-refractivity contribution is 6.07. The van der Waals surface area contributed by atoms with Crippen LogP contribution in [0, 0.1) is 6.92 Å². The molecule has 0 bridgehead atoms. The van der Waals surface area contributed by atoms with Crippen LogP contribution in [0.4, 0.5) is 11.6 Å². The lowest BCUT2D eigenvalue weighted by atomic mass is 10.1. The highest BCUT2D eigenvalue weighted by atomic mass is 16.5. The lowest BCUT2D eigenvalue weighted by Gasteiger charge is -2.27. The molecular formula is C25H26N4O5. The van der Waals surface area contributed by atoms with Crippen LogP contribution in [0.5, 0.6) is 5.75 Å². The number of hydrogen-bond donors (Lipinski definition) is 2. The molecule has 2 N–H and O–H groups in total. The molecule has 0 atom stereocenters. The maximum absolute atomic E-state index is 12.7. The Bertz CT molecular complexity index is 1420. The SMILES string of the molecule is COc1cc2c(cc1NC(=O)CCc1c(C)nc(N3CCOCC3)[nH]c1=O)oc1ccccc12. The van der Waals surface area contributed by atoms with Crippen LogP contribution in [-0.2, 0) is 16.0 Å². The zero-order valence-electron chi connectivity index (χ0n) is 19.1. The van der Waals surface area contributed by atoms with Gasteiger partial charge in [0.2, 0.25) is 11.9 Å². The second-order valence-electron chi connectivity index (χ2n) is 8.25. The number of carbonyl (C=O) groups is 1. The van der Waals surface area contributed by atoms with Crippen LogP contribution in [0.3, 0.4) is 0 Å². The predicted molar refractivity (Wildman–Crippen MR) is 130 cm³/mol. The molecule has 9 nitrogen and oxygen atoms in total. The van der Waals surface area contributed by atoms with Crippen molar-refractivity contribution in [1.29, 1.82) is 0 Å². The Balaban J connectivity index is 1.31. The van der Waals surface area contributed by atoms with E-state index < -0.39 is 0 Å². The number of rotatable bonds is 6. The van der Waals surface area contributed by atoms with E-state index in [1.54, 1.807) is 20.1 Å². The summed E-state index contributed by atoms with van der Waals surface area (Å²) >= 11 is 0. The van der Waals surface area contributed by atoms with E-state index in [2.05, 4.69) is 15.3 Å². The highest BCUT2D eigenvalue weighted by Gasteiger charge is 2.18. The van der Waals surface area contributed by atoms with Crippen LogP contribution in [0.15, 0.2) is 45.6 Å². The summed E-state index contributed by atoms with van der Waals surface area (Å²) in [6.07, 6.45) is 0.405. The van der Waals surface area contributed by atoms with Crippen LogP contribution >= 0.6 is 0 Å². The van der Waals surface area contributed by atoms with E-state index in [1.165, 1.54) is 0 Å². The molecule has 3 heterocycles. The van der Waals surface area contributed by atoms with Crippen molar-refractivity contribution in [3.8, 4) is 5.75 Å². The molecule has 1 aliphatic heterocycles. The Hall–Kier alpha value is -3.85. The predicted octanol–water partition coefficient (Wildman–Crippen LogP) is 3.39. The fraction of sp³-hybridized carbons (Fsp3) is 0.320. The van der Waals surface area contributed by atoms with Gasteiger partial charge in [0.1, 0.15) is 16.9 Å². The molecule has 5 rings (SSSR count). The summed E-state index contributed by atoms with van der Waals surface area (Å²) in [4.78, 5) is 34.8. The number of morpholine rings is 1. The first-order valence-corrected chi connectivity index (χ1v) is 11.2. The number of nitrogens with one attached hydrogen (secondary N) is 2. The number of furan rings is 1. The summed E-state index contributed by atoms with van der Waals surface area (Å²) in [7, 11) is 1.56. The summed E-state index contributed by atoms with van der Waals surface area (Å²) in [6, 6.07) is 11.4. The van der Waals surface area contributed by atoms with E-state index in [0.29, 0.717) is 60.5 Å². The van der Waals surface area contributed by atoms with Crippen molar-refractivity contribution in [3.63, 3.8) is 0 Å². The van der Waals surface area contributed by atoms with Gasteiger partial charge in [0.05, 0.1) is 26.0 Å². The minimum Gasteiger partial charge on any atom is -0.495 e. The van der Waals surface area contributed by atoms with E-state index >= 15 is 0 Å². The molecule has 9 heteroatoms. The van der Waals surface area contributed by atoms with Gasteiger partial charge in [0, 0.05) is 47.6 Å². The van der Waals surface area contributed by atoms with Crippen molar-refractivity contribution in [3.05, 3.63) is 58.0 Å². The Morgan fingerprint density at radius 2 is 1.97 bits per heavy atom. The minimum absolute atomic E-state index is 0.129. The summed E-state index contributed by atoms with van der Waals surface area (Å²) in [5.74, 6) is 0.852. The molecule has 176 valence electrons. The number of fused-ring (bicyclic) bond motifs is 3. The van der Waals surface area contributed by atoms with E-state index in [4.69, 9.17) is 13.9 Å². The quantitative estimate of drug-likeness (QED) is 0.452. The van der Waals surface area contributed by atoms with Crippen LogP contribution in [0.1, 0.15) is 17.7 Å². The van der Waals surface area contributed by atoms with Crippen molar-refractivity contribution in [2.75, 3.05) is 43.6 Å². The Kier molecular flexibility index (Phi) is 5.93. The first-order valence-electron chi connectivity index (χ1n) is 11.2.